The summed E-state index contributed by atoms with van der Waals surface area (Å²) in [4.78, 5) is 12.7. The molecule has 0 aromatic carbocycles. The van der Waals surface area contributed by atoms with Gasteiger partial charge in [0.25, 0.3) is 0 Å². The average molecular weight is 517 g/mol. The van der Waals surface area contributed by atoms with Crippen LogP contribution >= 0.6 is 23.2 Å². The van der Waals surface area contributed by atoms with E-state index in [1.807, 2.05) is 55.4 Å². The minimum atomic E-state index is -0.915. The normalized spacial score (nSPS) is 16.5. The van der Waals surface area contributed by atoms with Crippen molar-refractivity contribution >= 4 is 34.7 Å². The first-order chi connectivity index (χ1) is 16.5. The molecule has 0 radical (unpaired) electrons. The summed E-state index contributed by atoms with van der Waals surface area (Å²) in [6, 6.07) is 3.21. The molecule has 9 heteroatoms. The van der Waals surface area contributed by atoms with E-state index >= 15 is 0 Å². The van der Waals surface area contributed by atoms with Gasteiger partial charge in [-0.05, 0) is 51.0 Å². The van der Waals surface area contributed by atoms with Crippen LogP contribution in [0.3, 0.4) is 0 Å². The monoisotopic (exact) mass is 516 g/mol. The predicted octanol–water partition coefficient (Wildman–Crippen LogP) is 6.00. The predicted molar refractivity (Wildman–Crippen MR) is 138 cm³/mol. The molecule has 2 aromatic heterocycles. The lowest BCUT2D eigenvalue weighted by atomic mass is 9.96. The maximum absolute atomic E-state index is 14.1. The van der Waals surface area contributed by atoms with Crippen molar-refractivity contribution < 1.29 is 14.2 Å². The van der Waals surface area contributed by atoms with E-state index in [1.54, 1.807) is 13.8 Å². The summed E-state index contributed by atoms with van der Waals surface area (Å²) in [6.45, 7) is 8.38. The van der Waals surface area contributed by atoms with Gasteiger partial charge in [-0.1, -0.05) is 29.3 Å². The van der Waals surface area contributed by atoms with Crippen molar-refractivity contribution in [1.82, 2.24) is 9.97 Å². The van der Waals surface area contributed by atoms with Crippen LogP contribution < -0.4 is 9.80 Å². The first kappa shape index (κ1) is 25.2. The highest BCUT2D eigenvalue weighted by molar-refractivity contribution is 6.30. The van der Waals surface area contributed by atoms with Crippen LogP contribution in [0.2, 0.25) is 5.02 Å². The van der Waals surface area contributed by atoms with Crippen LogP contribution in [0.25, 0.3) is 0 Å². The lowest BCUT2D eigenvalue weighted by Crippen LogP contribution is -2.33. The molecule has 4 rings (SSSR count). The van der Waals surface area contributed by atoms with E-state index < -0.39 is 11.4 Å². The van der Waals surface area contributed by atoms with Crippen LogP contribution in [0, 0.1) is 12.7 Å². The maximum Gasteiger partial charge on any atom is 0.149 e. The molecule has 0 atom stereocenters. The summed E-state index contributed by atoms with van der Waals surface area (Å²) in [7, 11) is 0. The molecule has 2 aliphatic rings. The van der Waals surface area contributed by atoms with Crippen LogP contribution in [0.4, 0.5) is 15.9 Å². The second kappa shape index (κ2) is 10.0. The smallest absolute Gasteiger partial charge is 0.149 e. The molecule has 0 fully saturated rings. The minimum absolute atomic E-state index is 0.0604. The molecule has 0 saturated carbocycles. The van der Waals surface area contributed by atoms with Gasteiger partial charge >= 0.3 is 0 Å². The number of hydrogen-bond donors (Lipinski definition) is 1. The summed E-state index contributed by atoms with van der Waals surface area (Å²) in [6.07, 6.45) is 10.8. The first-order valence-electron chi connectivity index (χ1n) is 11.1. The van der Waals surface area contributed by atoms with E-state index in [0.29, 0.717) is 23.9 Å². The standard InChI is InChI=1S/C26H27Cl2FN4O2/c1-16-11-31-25(32-7-5-6-18(13-32)26(3,4)34)10-23(16)33-14-20(28)24(8-17(33)2)35-15-22-21(29)9-19(27)12-30-22/h5-12,34H,13-15H2,1-4H3. The highest BCUT2D eigenvalue weighted by atomic mass is 35.5. The van der Waals surface area contributed by atoms with Crippen LogP contribution in [0.1, 0.15) is 32.0 Å². The molecule has 35 heavy (non-hydrogen) atoms. The van der Waals surface area contributed by atoms with Crippen LogP contribution in [0.5, 0.6) is 0 Å². The summed E-state index contributed by atoms with van der Waals surface area (Å²) < 4.78 is 19.8. The second-order valence-electron chi connectivity index (χ2n) is 9.06. The highest BCUT2D eigenvalue weighted by Gasteiger charge is 2.25. The van der Waals surface area contributed by atoms with Gasteiger partial charge in [0.15, 0.2) is 0 Å². The first-order valence-corrected chi connectivity index (χ1v) is 11.9. The van der Waals surface area contributed by atoms with Crippen LogP contribution in [-0.4, -0.2) is 33.8 Å². The summed E-state index contributed by atoms with van der Waals surface area (Å²) >= 11 is 12.4. The molecule has 0 bridgehead atoms. The largest absolute Gasteiger partial charge is 0.486 e. The Morgan fingerprint density at radius 1 is 1.14 bits per heavy atom. The Kier molecular flexibility index (Phi) is 7.22. The van der Waals surface area contributed by atoms with Gasteiger partial charge in [0.05, 0.1) is 22.2 Å². The molecule has 2 aliphatic heterocycles. The Labute approximate surface area is 214 Å². The van der Waals surface area contributed by atoms with Gasteiger partial charge in [0.2, 0.25) is 0 Å². The zero-order valence-corrected chi connectivity index (χ0v) is 21.5. The minimum Gasteiger partial charge on any atom is -0.486 e. The number of ether oxygens (including phenoxy) is 1. The van der Waals surface area contributed by atoms with E-state index in [0.717, 1.165) is 28.3 Å². The third-order valence-corrected chi connectivity index (χ3v) is 6.43. The number of halogens is 3. The highest BCUT2D eigenvalue weighted by Crippen LogP contribution is 2.34. The van der Waals surface area contributed by atoms with E-state index in [9.17, 15) is 9.50 Å². The summed E-state index contributed by atoms with van der Waals surface area (Å²) in [5.41, 5.74) is 3.00. The van der Waals surface area contributed by atoms with Gasteiger partial charge in [-0.15, -0.1) is 0 Å². The fourth-order valence-electron chi connectivity index (χ4n) is 3.83. The van der Waals surface area contributed by atoms with Gasteiger partial charge < -0.3 is 19.6 Å². The van der Waals surface area contributed by atoms with Crippen molar-refractivity contribution in [3.05, 3.63) is 93.1 Å². The number of aliphatic hydroxyl groups is 1. The number of pyridine rings is 2. The molecular weight excluding hydrogens is 490 g/mol. The zero-order chi connectivity index (χ0) is 25.3. The average Bonchev–Trinajstić information content (AvgIpc) is 2.80. The van der Waals surface area contributed by atoms with Crippen LogP contribution in [-0.2, 0) is 11.3 Å². The lowest BCUT2D eigenvalue weighted by molar-refractivity contribution is 0.118. The number of allylic oxidation sites excluding steroid dienone is 4. The zero-order valence-electron chi connectivity index (χ0n) is 20.0. The molecular formula is C26H27Cl2FN4O2. The van der Waals surface area contributed by atoms with E-state index in [1.165, 1.54) is 12.3 Å². The lowest BCUT2D eigenvalue weighted by Gasteiger charge is -2.33. The van der Waals surface area contributed by atoms with Crippen molar-refractivity contribution in [2.75, 3.05) is 22.9 Å². The SMILES string of the molecule is CC1=CC(OCc2ncc(Cl)cc2F)=C(Cl)CN1c1cc(N2C=CC=C(C(C)(C)O)C2)ncc1C. The Hall–Kier alpha value is -2.87. The Bertz CT molecular complexity index is 1260. The quantitative estimate of drug-likeness (QED) is 0.507. The van der Waals surface area contributed by atoms with Gasteiger partial charge in [-0.25, -0.2) is 9.37 Å². The Morgan fingerprint density at radius 3 is 2.63 bits per heavy atom. The number of anilines is 2. The fourth-order valence-corrected chi connectivity index (χ4v) is 4.21. The van der Waals surface area contributed by atoms with Crippen molar-refractivity contribution in [2.24, 2.45) is 0 Å². The fraction of sp³-hybridized carbons (Fsp3) is 0.308. The van der Waals surface area contributed by atoms with Gasteiger partial charge in [-0.3, -0.25) is 4.98 Å². The number of nitrogens with zero attached hydrogens (tertiary/aromatic N) is 4. The molecule has 184 valence electrons. The van der Waals surface area contributed by atoms with Gasteiger partial charge in [0.1, 0.15) is 29.7 Å². The molecule has 6 nitrogen and oxygen atoms in total. The van der Waals surface area contributed by atoms with Crippen molar-refractivity contribution in [2.45, 2.75) is 39.9 Å². The van der Waals surface area contributed by atoms with E-state index in [4.69, 9.17) is 27.9 Å². The summed E-state index contributed by atoms with van der Waals surface area (Å²) in [5, 5.41) is 11.1. The molecule has 1 N–H and O–H groups in total. The van der Waals surface area contributed by atoms with Gasteiger partial charge in [-0.2, -0.15) is 0 Å². The number of aryl methyl sites for hydroxylation is 1. The third kappa shape index (κ3) is 5.69. The molecule has 0 amide bonds. The second-order valence-corrected chi connectivity index (χ2v) is 9.95. The number of aromatic nitrogens is 2. The number of rotatable bonds is 6. The molecule has 2 aromatic rings. The maximum atomic E-state index is 14.1. The molecule has 0 unspecified atom stereocenters. The molecule has 0 saturated heterocycles. The molecule has 0 aliphatic carbocycles. The van der Waals surface area contributed by atoms with Crippen molar-refractivity contribution in [1.29, 1.82) is 0 Å². The summed E-state index contributed by atoms with van der Waals surface area (Å²) in [5.74, 6) is 0.708. The van der Waals surface area contributed by atoms with E-state index in [2.05, 4.69) is 14.9 Å². The number of hydrogen-bond acceptors (Lipinski definition) is 6. The van der Waals surface area contributed by atoms with Crippen LogP contribution in [0.15, 0.2) is 71.0 Å². The van der Waals surface area contributed by atoms with Crippen molar-refractivity contribution in [3.63, 3.8) is 0 Å². The molecule has 4 heterocycles. The Morgan fingerprint density at radius 2 is 1.91 bits per heavy atom. The Balaban J connectivity index is 1.52. The third-order valence-electron chi connectivity index (χ3n) is 5.91. The van der Waals surface area contributed by atoms with E-state index in [-0.39, 0.29) is 17.3 Å². The molecule has 0 spiro atoms. The van der Waals surface area contributed by atoms with Gasteiger partial charge in [0, 0.05) is 48.7 Å². The van der Waals surface area contributed by atoms with Crippen molar-refractivity contribution in [3.8, 4) is 0 Å². The topological polar surface area (TPSA) is 61.7 Å².